The van der Waals surface area contributed by atoms with E-state index in [2.05, 4.69) is 0 Å². The van der Waals surface area contributed by atoms with Crippen LogP contribution in [0.15, 0.2) is 42.5 Å². The molecule has 0 saturated heterocycles. The average Bonchev–Trinajstić information content (AvgIpc) is 2.61. The van der Waals surface area contributed by atoms with E-state index < -0.39 is 17.7 Å². The Labute approximate surface area is 169 Å². The molecular formula is C19H15Cl2F3O4. The highest BCUT2D eigenvalue weighted by molar-refractivity contribution is 6.37. The largest absolute Gasteiger partial charge is 0.508 e. The van der Waals surface area contributed by atoms with Crippen molar-refractivity contribution in [2.24, 2.45) is 0 Å². The van der Waals surface area contributed by atoms with Crippen LogP contribution in [0.3, 0.4) is 0 Å². The minimum atomic E-state index is -4.40. The van der Waals surface area contributed by atoms with Gasteiger partial charge in [-0.2, -0.15) is 13.2 Å². The minimum Gasteiger partial charge on any atom is -0.508 e. The first-order valence-electron chi connectivity index (χ1n) is 7.99. The third-order valence-corrected chi connectivity index (χ3v) is 3.97. The van der Waals surface area contributed by atoms with Crippen molar-refractivity contribution in [3.63, 3.8) is 0 Å². The molecule has 150 valence electrons. The van der Waals surface area contributed by atoms with Gasteiger partial charge < -0.3 is 14.6 Å². The molecule has 0 bridgehead atoms. The van der Waals surface area contributed by atoms with Gasteiger partial charge in [-0.3, -0.25) is 0 Å². The second kappa shape index (κ2) is 9.71. The summed E-state index contributed by atoms with van der Waals surface area (Å²) >= 11 is 11.8. The summed E-state index contributed by atoms with van der Waals surface area (Å²) in [5, 5.41) is 9.64. The predicted octanol–water partition coefficient (Wildman–Crippen LogP) is 5.74. The molecule has 0 aliphatic heterocycles. The zero-order chi connectivity index (χ0) is 20.7. The van der Waals surface area contributed by atoms with E-state index in [0.717, 1.165) is 18.2 Å². The Balaban J connectivity index is 1.74. The van der Waals surface area contributed by atoms with Gasteiger partial charge in [0, 0.05) is 24.6 Å². The zero-order valence-corrected chi connectivity index (χ0v) is 15.8. The van der Waals surface area contributed by atoms with E-state index in [1.807, 2.05) is 0 Å². The Hall–Kier alpha value is -2.38. The van der Waals surface area contributed by atoms with Gasteiger partial charge in [-0.25, -0.2) is 4.79 Å². The van der Waals surface area contributed by atoms with Gasteiger partial charge in [-0.05, 0) is 23.8 Å². The molecule has 2 aromatic rings. The number of hydrogen-bond acceptors (Lipinski definition) is 4. The van der Waals surface area contributed by atoms with Gasteiger partial charge >= 0.3 is 12.1 Å². The molecule has 4 nitrogen and oxygen atoms in total. The Morgan fingerprint density at radius 3 is 2.25 bits per heavy atom. The number of esters is 1. The van der Waals surface area contributed by atoms with E-state index >= 15 is 0 Å². The van der Waals surface area contributed by atoms with Crippen molar-refractivity contribution in [3.8, 4) is 11.5 Å². The van der Waals surface area contributed by atoms with Crippen molar-refractivity contribution in [2.45, 2.75) is 12.6 Å². The van der Waals surface area contributed by atoms with Crippen molar-refractivity contribution < 1.29 is 32.5 Å². The number of aromatic hydroxyl groups is 1. The lowest BCUT2D eigenvalue weighted by Gasteiger charge is -2.10. The quantitative estimate of drug-likeness (QED) is 0.342. The van der Waals surface area contributed by atoms with Gasteiger partial charge in [0.05, 0.1) is 28.8 Å². The summed E-state index contributed by atoms with van der Waals surface area (Å²) in [4.78, 5) is 11.6. The standard InChI is InChI=1S/C19H15Cl2F3O4/c20-15-10-14(25)11-16(21)18(15)28-9-1-8-27-17(26)7-4-12-2-5-13(6-3-12)19(22,23)24/h2-7,10-11,25H,1,8-9H2. The number of carbonyl (C=O) groups is 1. The lowest BCUT2D eigenvalue weighted by atomic mass is 10.1. The first-order valence-corrected chi connectivity index (χ1v) is 8.75. The van der Waals surface area contributed by atoms with Gasteiger partial charge in [-0.15, -0.1) is 0 Å². The minimum absolute atomic E-state index is 0.0590. The fraction of sp³-hybridized carbons (Fsp3) is 0.211. The molecule has 0 saturated carbocycles. The van der Waals surface area contributed by atoms with Crippen LogP contribution >= 0.6 is 23.2 Å². The van der Waals surface area contributed by atoms with Gasteiger partial charge in [0.15, 0.2) is 5.75 Å². The average molecular weight is 435 g/mol. The SMILES string of the molecule is O=C(C=Cc1ccc(C(F)(F)F)cc1)OCCCOc1c(Cl)cc(O)cc1Cl. The first-order chi connectivity index (χ1) is 13.2. The van der Waals surface area contributed by atoms with Crippen molar-refractivity contribution in [1.82, 2.24) is 0 Å². The Kier molecular flexibility index (Phi) is 7.60. The normalized spacial score (nSPS) is 11.6. The molecule has 0 unspecified atom stereocenters. The zero-order valence-electron chi connectivity index (χ0n) is 14.3. The van der Waals surface area contributed by atoms with Crippen LogP contribution in [0.4, 0.5) is 13.2 Å². The van der Waals surface area contributed by atoms with E-state index in [0.29, 0.717) is 12.0 Å². The summed E-state index contributed by atoms with van der Waals surface area (Å²) in [5.74, 6) is -0.508. The molecule has 2 rings (SSSR count). The van der Waals surface area contributed by atoms with Gasteiger partial charge in [-0.1, -0.05) is 35.3 Å². The third kappa shape index (κ3) is 6.65. The fourth-order valence-electron chi connectivity index (χ4n) is 2.09. The predicted molar refractivity (Wildman–Crippen MR) is 99.7 cm³/mol. The van der Waals surface area contributed by atoms with E-state index in [1.165, 1.54) is 30.3 Å². The maximum atomic E-state index is 12.5. The molecule has 0 heterocycles. The third-order valence-electron chi connectivity index (χ3n) is 3.41. The smallest absolute Gasteiger partial charge is 0.416 e. The van der Waals surface area contributed by atoms with Crippen LogP contribution in [0.2, 0.25) is 10.0 Å². The van der Waals surface area contributed by atoms with E-state index in [1.54, 1.807) is 0 Å². The van der Waals surface area contributed by atoms with Crippen LogP contribution < -0.4 is 4.74 Å². The number of rotatable bonds is 7. The first kappa shape index (κ1) is 21.9. The summed E-state index contributed by atoms with van der Waals surface area (Å²) in [6.07, 6.45) is -1.57. The van der Waals surface area contributed by atoms with Crippen LogP contribution in [0, 0.1) is 0 Å². The molecular weight excluding hydrogens is 420 g/mol. The summed E-state index contributed by atoms with van der Waals surface area (Å²) in [7, 11) is 0. The molecule has 0 radical (unpaired) electrons. The molecule has 0 amide bonds. The summed E-state index contributed by atoms with van der Waals surface area (Å²) in [6, 6.07) is 6.95. The number of benzene rings is 2. The number of alkyl halides is 3. The maximum absolute atomic E-state index is 12.5. The van der Waals surface area contributed by atoms with Crippen LogP contribution in [-0.2, 0) is 15.7 Å². The Morgan fingerprint density at radius 2 is 1.68 bits per heavy atom. The van der Waals surface area contributed by atoms with Crippen molar-refractivity contribution in [1.29, 1.82) is 0 Å². The monoisotopic (exact) mass is 434 g/mol. The lowest BCUT2D eigenvalue weighted by Crippen LogP contribution is -2.07. The highest BCUT2D eigenvalue weighted by Crippen LogP contribution is 2.36. The van der Waals surface area contributed by atoms with Crippen molar-refractivity contribution >= 4 is 35.2 Å². The number of ether oxygens (including phenoxy) is 2. The van der Waals surface area contributed by atoms with Gasteiger partial charge in [0.2, 0.25) is 0 Å². The lowest BCUT2D eigenvalue weighted by molar-refractivity contribution is -0.138. The summed E-state index contributed by atoms with van der Waals surface area (Å²) in [5.41, 5.74) is -0.328. The number of phenolic OH excluding ortho intramolecular Hbond substituents is 1. The molecule has 0 aliphatic rings. The van der Waals surface area contributed by atoms with Gasteiger partial charge in [0.1, 0.15) is 5.75 Å². The Bertz CT molecular complexity index is 826. The van der Waals surface area contributed by atoms with E-state index in [9.17, 15) is 23.1 Å². The summed E-state index contributed by atoms with van der Waals surface area (Å²) < 4.78 is 47.8. The molecule has 0 atom stereocenters. The second-order valence-corrected chi connectivity index (χ2v) is 6.38. The molecule has 1 N–H and O–H groups in total. The van der Waals surface area contributed by atoms with Crippen LogP contribution in [0.1, 0.15) is 17.5 Å². The Morgan fingerprint density at radius 1 is 1.07 bits per heavy atom. The molecule has 0 aromatic heterocycles. The van der Waals surface area contributed by atoms with Crippen molar-refractivity contribution in [2.75, 3.05) is 13.2 Å². The number of phenols is 1. The fourth-order valence-corrected chi connectivity index (χ4v) is 2.67. The van der Waals surface area contributed by atoms with Gasteiger partial charge in [0.25, 0.3) is 0 Å². The highest BCUT2D eigenvalue weighted by Gasteiger charge is 2.29. The molecule has 28 heavy (non-hydrogen) atoms. The van der Waals surface area contributed by atoms with Crippen LogP contribution in [0.5, 0.6) is 11.5 Å². The van der Waals surface area contributed by atoms with Crippen molar-refractivity contribution in [3.05, 3.63) is 63.6 Å². The van der Waals surface area contributed by atoms with E-state index in [4.69, 9.17) is 32.7 Å². The highest BCUT2D eigenvalue weighted by atomic mass is 35.5. The molecule has 9 heteroatoms. The molecule has 0 spiro atoms. The molecule has 0 fully saturated rings. The number of hydrogen-bond donors (Lipinski definition) is 1. The number of carbonyl (C=O) groups excluding carboxylic acids is 1. The van der Waals surface area contributed by atoms with E-state index in [-0.39, 0.29) is 34.8 Å². The molecule has 0 aliphatic carbocycles. The topological polar surface area (TPSA) is 55.8 Å². The van der Waals surface area contributed by atoms with Crippen LogP contribution in [-0.4, -0.2) is 24.3 Å². The maximum Gasteiger partial charge on any atom is 0.416 e. The second-order valence-electron chi connectivity index (χ2n) is 5.56. The number of halogens is 5. The molecule has 2 aromatic carbocycles. The summed E-state index contributed by atoms with van der Waals surface area (Å²) in [6.45, 7) is 0.226. The van der Waals surface area contributed by atoms with Crippen LogP contribution in [0.25, 0.3) is 6.08 Å².